The molecule has 29 heavy (non-hydrogen) atoms. The molecule has 1 aliphatic heterocycles. The molecule has 1 atom stereocenters. The standard InChI is InChI=1S/C22H25N5OS/c1-26(15-11-17-9-12-23-13-10-17)22(28)25-21-24-19(16-29-21)20-8-5-14-27(20)18-6-3-2-4-7-18/h2-4,6-7,9-10,12-13,16,20H,5,8,11,14-15H2,1H3,(H,24,25,28)/t20-/m1/s1. The SMILES string of the molecule is CN(CCc1ccncc1)C(=O)Nc1nc([C@H]2CCCN2c2ccccc2)cs1. The first-order valence-electron chi connectivity index (χ1n) is 9.89. The van der Waals surface area contributed by atoms with Gasteiger partial charge in [0.15, 0.2) is 5.13 Å². The van der Waals surface area contributed by atoms with Gasteiger partial charge in [0.05, 0.1) is 11.7 Å². The van der Waals surface area contributed by atoms with Crippen molar-refractivity contribution in [2.75, 3.05) is 30.4 Å². The number of carbonyl (C=O) groups excluding carboxylic acids is 1. The van der Waals surface area contributed by atoms with E-state index >= 15 is 0 Å². The Hall–Kier alpha value is -2.93. The normalized spacial score (nSPS) is 16.0. The molecule has 0 spiro atoms. The Balaban J connectivity index is 1.35. The summed E-state index contributed by atoms with van der Waals surface area (Å²) in [5, 5.41) is 5.66. The van der Waals surface area contributed by atoms with Crippen LogP contribution in [-0.2, 0) is 6.42 Å². The molecule has 6 nitrogen and oxygen atoms in total. The summed E-state index contributed by atoms with van der Waals surface area (Å²) in [6, 6.07) is 14.5. The lowest BCUT2D eigenvalue weighted by atomic mass is 10.1. The second-order valence-electron chi connectivity index (χ2n) is 7.22. The first kappa shape index (κ1) is 19.4. The number of carbonyl (C=O) groups is 1. The van der Waals surface area contributed by atoms with Crippen LogP contribution in [0.2, 0.25) is 0 Å². The Kier molecular flexibility index (Phi) is 6.05. The zero-order valence-corrected chi connectivity index (χ0v) is 17.3. The van der Waals surface area contributed by atoms with Crippen molar-refractivity contribution in [3.63, 3.8) is 0 Å². The van der Waals surface area contributed by atoms with Crippen LogP contribution in [0.1, 0.15) is 30.1 Å². The number of urea groups is 1. The third kappa shape index (κ3) is 4.74. The fourth-order valence-electron chi connectivity index (χ4n) is 3.63. The van der Waals surface area contributed by atoms with Gasteiger partial charge in [-0.25, -0.2) is 9.78 Å². The van der Waals surface area contributed by atoms with E-state index in [4.69, 9.17) is 4.98 Å². The highest BCUT2D eigenvalue weighted by molar-refractivity contribution is 7.13. The first-order chi connectivity index (χ1) is 14.2. The van der Waals surface area contributed by atoms with Gasteiger partial charge in [0.25, 0.3) is 0 Å². The number of aromatic nitrogens is 2. The quantitative estimate of drug-likeness (QED) is 0.649. The summed E-state index contributed by atoms with van der Waals surface area (Å²) in [5.41, 5.74) is 3.42. The van der Waals surface area contributed by atoms with Crippen molar-refractivity contribution < 1.29 is 4.79 Å². The van der Waals surface area contributed by atoms with Crippen LogP contribution >= 0.6 is 11.3 Å². The lowest BCUT2D eigenvalue weighted by Gasteiger charge is -2.25. The van der Waals surface area contributed by atoms with Crippen LogP contribution in [0.3, 0.4) is 0 Å². The highest BCUT2D eigenvalue weighted by Gasteiger charge is 2.28. The highest BCUT2D eigenvalue weighted by Crippen LogP contribution is 2.37. The summed E-state index contributed by atoms with van der Waals surface area (Å²) in [7, 11) is 1.80. The number of likely N-dealkylation sites (N-methyl/N-ethyl adjacent to an activating group) is 1. The van der Waals surface area contributed by atoms with Gasteiger partial charge in [0.1, 0.15) is 0 Å². The molecule has 0 radical (unpaired) electrons. The predicted octanol–water partition coefficient (Wildman–Crippen LogP) is 4.59. The monoisotopic (exact) mass is 407 g/mol. The summed E-state index contributed by atoms with van der Waals surface area (Å²) < 4.78 is 0. The second-order valence-corrected chi connectivity index (χ2v) is 8.08. The maximum Gasteiger partial charge on any atom is 0.323 e. The van der Waals surface area contributed by atoms with E-state index in [2.05, 4.69) is 44.8 Å². The molecule has 7 heteroatoms. The minimum absolute atomic E-state index is 0.133. The number of benzene rings is 1. The number of nitrogens with one attached hydrogen (secondary N) is 1. The molecule has 0 saturated carbocycles. The molecule has 1 aliphatic rings. The number of anilines is 2. The van der Waals surface area contributed by atoms with E-state index in [-0.39, 0.29) is 12.1 Å². The molecule has 3 heterocycles. The van der Waals surface area contributed by atoms with Gasteiger partial charge in [-0.1, -0.05) is 18.2 Å². The molecule has 2 aromatic heterocycles. The number of rotatable bonds is 6. The number of pyridine rings is 1. The fourth-order valence-corrected chi connectivity index (χ4v) is 4.38. The largest absolute Gasteiger partial charge is 0.363 e. The maximum atomic E-state index is 12.5. The van der Waals surface area contributed by atoms with E-state index in [9.17, 15) is 4.79 Å². The highest BCUT2D eigenvalue weighted by atomic mass is 32.1. The summed E-state index contributed by atoms with van der Waals surface area (Å²) >= 11 is 1.49. The van der Waals surface area contributed by atoms with Crippen LogP contribution in [0, 0.1) is 0 Å². The third-order valence-electron chi connectivity index (χ3n) is 5.25. The molecular formula is C22H25N5OS. The summed E-state index contributed by atoms with van der Waals surface area (Å²) in [4.78, 5) is 25.3. The molecule has 1 fully saturated rings. The van der Waals surface area contributed by atoms with E-state index < -0.39 is 0 Å². The minimum Gasteiger partial charge on any atom is -0.363 e. The van der Waals surface area contributed by atoms with Gasteiger partial charge in [-0.15, -0.1) is 11.3 Å². The molecule has 2 amide bonds. The number of thiazole rings is 1. The van der Waals surface area contributed by atoms with Crippen LogP contribution < -0.4 is 10.2 Å². The van der Waals surface area contributed by atoms with Gasteiger partial charge in [0.2, 0.25) is 0 Å². The van der Waals surface area contributed by atoms with Gasteiger partial charge in [0, 0.05) is 43.6 Å². The van der Waals surface area contributed by atoms with Crippen molar-refractivity contribution in [1.29, 1.82) is 0 Å². The van der Waals surface area contributed by atoms with Crippen LogP contribution in [0.15, 0.2) is 60.2 Å². The lowest BCUT2D eigenvalue weighted by molar-refractivity contribution is 0.223. The molecule has 0 bridgehead atoms. The molecule has 4 rings (SSSR count). The van der Waals surface area contributed by atoms with Crippen LogP contribution in [0.25, 0.3) is 0 Å². The number of hydrogen-bond acceptors (Lipinski definition) is 5. The number of para-hydroxylation sites is 1. The van der Waals surface area contributed by atoms with Crippen molar-refractivity contribution in [1.82, 2.24) is 14.9 Å². The topological polar surface area (TPSA) is 61.4 Å². The lowest BCUT2D eigenvalue weighted by Crippen LogP contribution is -2.33. The fraction of sp³-hybridized carbons (Fsp3) is 0.318. The van der Waals surface area contributed by atoms with E-state index in [1.54, 1.807) is 24.3 Å². The second kappa shape index (κ2) is 9.05. The van der Waals surface area contributed by atoms with Crippen LogP contribution in [0.4, 0.5) is 15.6 Å². The molecule has 3 aromatic rings. The average molecular weight is 408 g/mol. The number of hydrogen-bond donors (Lipinski definition) is 1. The average Bonchev–Trinajstić information content (AvgIpc) is 3.42. The number of nitrogens with zero attached hydrogens (tertiary/aromatic N) is 4. The Morgan fingerprint density at radius 3 is 2.83 bits per heavy atom. The maximum absolute atomic E-state index is 12.5. The summed E-state index contributed by atoms with van der Waals surface area (Å²) in [5.74, 6) is 0. The summed E-state index contributed by atoms with van der Waals surface area (Å²) in [6.45, 7) is 1.67. The van der Waals surface area contributed by atoms with Crippen molar-refractivity contribution in [2.24, 2.45) is 0 Å². The predicted molar refractivity (Wildman–Crippen MR) is 117 cm³/mol. The molecule has 1 N–H and O–H groups in total. The van der Waals surface area contributed by atoms with E-state index in [0.29, 0.717) is 11.7 Å². The summed E-state index contributed by atoms with van der Waals surface area (Å²) in [6.07, 6.45) is 6.57. The van der Waals surface area contributed by atoms with Gasteiger partial charge >= 0.3 is 6.03 Å². The van der Waals surface area contributed by atoms with Gasteiger partial charge < -0.3 is 9.80 Å². The van der Waals surface area contributed by atoms with E-state index in [0.717, 1.165) is 31.5 Å². The first-order valence-corrected chi connectivity index (χ1v) is 10.8. The molecule has 0 unspecified atom stereocenters. The number of amides is 2. The molecule has 150 valence electrons. The van der Waals surface area contributed by atoms with Crippen molar-refractivity contribution in [3.8, 4) is 0 Å². The van der Waals surface area contributed by atoms with Crippen molar-refractivity contribution >= 4 is 28.2 Å². The van der Waals surface area contributed by atoms with E-state index in [1.165, 1.54) is 22.6 Å². The zero-order valence-electron chi connectivity index (χ0n) is 16.5. The van der Waals surface area contributed by atoms with Crippen LogP contribution in [0.5, 0.6) is 0 Å². The Morgan fingerprint density at radius 2 is 2.03 bits per heavy atom. The van der Waals surface area contributed by atoms with Crippen molar-refractivity contribution in [2.45, 2.75) is 25.3 Å². The van der Waals surface area contributed by atoms with Gasteiger partial charge in [-0.05, 0) is 49.1 Å². The Labute approximate surface area is 175 Å². The Bertz CT molecular complexity index is 931. The van der Waals surface area contributed by atoms with Crippen LogP contribution in [-0.4, -0.2) is 41.0 Å². The third-order valence-corrected chi connectivity index (χ3v) is 6.03. The van der Waals surface area contributed by atoms with Crippen molar-refractivity contribution in [3.05, 3.63) is 71.5 Å². The smallest absolute Gasteiger partial charge is 0.323 e. The zero-order chi connectivity index (χ0) is 20.1. The molecule has 0 aliphatic carbocycles. The van der Waals surface area contributed by atoms with Gasteiger partial charge in [-0.2, -0.15) is 0 Å². The molecule has 1 aromatic carbocycles. The molecule has 1 saturated heterocycles. The Morgan fingerprint density at radius 1 is 1.24 bits per heavy atom. The minimum atomic E-state index is -0.133. The van der Waals surface area contributed by atoms with Gasteiger partial charge in [-0.3, -0.25) is 10.3 Å². The molecular weight excluding hydrogens is 382 g/mol. The van der Waals surface area contributed by atoms with E-state index in [1.807, 2.05) is 18.2 Å².